The lowest BCUT2D eigenvalue weighted by Crippen LogP contribution is -1.97. The molecule has 3 heteroatoms. The molecule has 3 nitrogen and oxygen atoms in total. The van der Waals surface area contributed by atoms with E-state index in [0.29, 0.717) is 5.57 Å². The van der Waals surface area contributed by atoms with Gasteiger partial charge in [0.15, 0.2) is 0 Å². The monoisotopic (exact) mass is 473 g/mol. The van der Waals surface area contributed by atoms with E-state index in [1.807, 2.05) is 24.3 Å². The number of rotatable bonds is 5. The number of nitriles is 1. The van der Waals surface area contributed by atoms with Gasteiger partial charge >= 0.3 is 0 Å². The van der Waals surface area contributed by atoms with Crippen molar-refractivity contribution in [2.24, 2.45) is 0 Å². The van der Waals surface area contributed by atoms with E-state index in [2.05, 4.69) is 102 Å². The van der Waals surface area contributed by atoms with Crippen LogP contribution >= 0.6 is 0 Å². The zero-order valence-corrected chi connectivity index (χ0v) is 20.1. The quantitative estimate of drug-likeness (QED) is 0.152. The van der Waals surface area contributed by atoms with E-state index in [1.54, 1.807) is 6.08 Å². The summed E-state index contributed by atoms with van der Waals surface area (Å²) in [5, 5.41) is 22.6. The maximum atomic E-state index is 9.26. The van der Waals surface area contributed by atoms with Crippen LogP contribution in [0.1, 0.15) is 5.56 Å². The van der Waals surface area contributed by atoms with Crippen LogP contribution in [0.3, 0.4) is 0 Å². The van der Waals surface area contributed by atoms with Crippen LogP contribution in [-0.2, 0) is 0 Å². The summed E-state index contributed by atoms with van der Waals surface area (Å²) in [5.41, 5.74) is 6.95. The second kappa shape index (κ2) is 9.11. The van der Waals surface area contributed by atoms with Crippen molar-refractivity contribution in [2.45, 2.75) is 0 Å². The molecule has 0 saturated heterocycles. The number of nitrogens with zero attached hydrogens (tertiary/aromatic N) is 2. The Morgan fingerprint density at radius 3 is 2.22 bits per heavy atom. The molecule has 1 heterocycles. The summed E-state index contributed by atoms with van der Waals surface area (Å²) in [7, 11) is 0. The molecule has 174 valence electrons. The number of hydrogen-bond donors (Lipinski definition) is 1. The van der Waals surface area contributed by atoms with Crippen molar-refractivity contribution in [3.05, 3.63) is 139 Å². The van der Waals surface area contributed by atoms with Gasteiger partial charge in [-0.05, 0) is 58.3 Å². The van der Waals surface area contributed by atoms with E-state index >= 15 is 0 Å². The first-order chi connectivity index (χ1) is 18.2. The Hall–Kier alpha value is -5.20. The zero-order valence-electron chi connectivity index (χ0n) is 20.1. The number of fused-ring (bicyclic) bond motifs is 5. The van der Waals surface area contributed by atoms with E-state index in [4.69, 9.17) is 5.41 Å². The average molecular weight is 474 g/mol. The summed E-state index contributed by atoms with van der Waals surface area (Å²) in [5.74, 6) is 0. The van der Waals surface area contributed by atoms with Crippen LogP contribution in [0.2, 0.25) is 0 Å². The fourth-order valence-electron chi connectivity index (χ4n) is 5.15. The summed E-state index contributed by atoms with van der Waals surface area (Å²) in [6.45, 7) is 3.67. The lowest BCUT2D eigenvalue weighted by molar-refractivity contribution is 1.18. The van der Waals surface area contributed by atoms with Gasteiger partial charge in [-0.25, -0.2) is 0 Å². The van der Waals surface area contributed by atoms with Gasteiger partial charge < -0.3 is 9.98 Å². The minimum absolute atomic E-state index is 0.280. The van der Waals surface area contributed by atoms with Crippen LogP contribution in [0.25, 0.3) is 49.4 Å². The van der Waals surface area contributed by atoms with E-state index < -0.39 is 0 Å². The second-order valence-corrected chi connectivity index (χ2v) is 8.96. The molecular formula is C34H23N3. The Morgan fingerprint density at radius 2 is 1.46 bits per heavy atom. The number of nitrogens with one attached hydrogen (secondary N) is 1. The van der Waals surface area contributed by atoms with Gasteiger partial charge in [-0.15, -0.1) is 0 Å². The normalized spacial score (nSPS) is 11.6. The lowest BCUT2D eigenvalue weighted by Gasteiger charge is -2.13. The van der Waals surface area contributed by atoms with Crippen molar-refractivity contribution in [3.63, 3.8) is 0 Å². The Bertz CT molecular complexity index is 1910. The molecule has 0 saturated carbocycles. The van der Waals surface area contributed by atoms with E-state index in [9.17, 15) is 5.26 Å². The fourth-order valence-corrected chi connectivity index (χ4v) is 5.15. The van der Waals surface area contributed by atoms with E-state index in [0.717, 1.165) is 33.3 Å². The van der Waals surface area contributed by atoms with Gasteiger partial charge in [-0.2, -0.15) is 5.26 Å². The minimum atomic E-state index is 0.280. The molecule has 6 rings (SSSR count). The van der Waals surface area contributed by atoms with Crippen molar-refractivity contribution < 1.29 is 0 Å². The predicted molar refractivity (Wildman–Crippen MR) is 154 cm³/mol. The number of para-hydroxylation sites is 2. The summed E-state index contributed by atoms with van der Waals surface area (Å²) in [6.07, 6.45) is 3.03. The van der Waals surface area contributed by atoms with Crippen LogP contribution in [0.5, 0.6) is 0 Å². The number of aromatic nitrogens is 1. The van der Waals surface area contributed by atoms with Crippen molar-refractivity contribution in [2.75, 3.05) is 0 Å². The number of benzene rings is 5. The van der Waals surface area contributed by atoms with Gasteiger partial charge in [0.2, 0.25) is 0 Å². The van der Waals surface area contributed by atoms with Crippen LogP contribution in [0.15, 0.2) is 133 Å². The lowest BCUT2D eigenvalue weighted by atomic mass is 9.93. The van der Waals surface area contributed by atoms with Crippen LogP contribution in [-0.4, -0.2) is 10.3 Å². The third kappa shape index (κ3) is 3.73. The van der Waals surface area contributed by atoms with Gasteiger partial charge in [0.1, 0.15) is 0 Å². The van der Waals surface area contributed by atoms with Gasteiger partial charge in [0.25, 0.3) is 0 Å². The van der Waals surface area contributed by atoms with Crippen molar-refractivity contribution >= 4 is 38.3 Å². The fraction of sp³-hybridized carbons (Fsp3) is 0. The van der Waals surface area contributed by atoms with Gasteiger partial charge in [-0.1, -0.05) is 91.5 Å². The van der Waals surface area contributed by atoms with Crippen molar-refractivity contribution in [3.8, 4) is 22.9 Å². The molecule has 0 amide bonds. The predicted octanol–water partition coefficient (Wildman–Crippen LogP) is 8.61. The highest BCUT2D eigenvalue weighted by molar-refractivity contribution is 6.24. The Balaban J connectivity index is 1.67. The standard InChI is InChI=1S/C34H23N3/c1-2-23(22-35)19-31(36)25-12-10-11-24(20-25)30-21-33-34(28-16-7-6-15-27(28)30)29-17-8-9-18-32(29)37(33)26-13-4-3-5-14-26/h2-21,36H,1H2/b23-19+,36-31?. The number of hydrogen-bond acceptors (Lipinski definition) is 2. The van der Waals surface area contributed by atoms with Crippen LogP contribution in [0.4, 0.5) is 0 Å². The minimum Gasteiger partial charge on any atom is -0.309 e. The molecule has 0 spiro atoms. The highest BCUT2D eigenvalue weighted by atomic mass is 15.0. The largest absolute Gasteiger partial charge is 0.309 e. The number of allylic oxidation sites excluding steroid dienone is 3. The first-order valence-corrected chi connectivity index (χ1v) is 12.1. The Morgan fingerprint density at radius 1 is 0.757 bits per heavy atom. The highest BCUT2D eigenvalue weighted by Crippen LogP contribution is 2.41. The molecule has 0 radical (unpaired) electrons. The third-order valence-corrected chi connectivity index (χ3v) is 6.83. The first-order valence-electron chi connectivity index (χ1n) is 12.1. The summed E-state index contributed by atoms with van der Waals surface area (Å²) in [4.78, 5) is 0. The molecule has 0 atom stereocenters. The molecular weight excluding hydrogens is 450 g/mol. The van der Waals surface area contributed by atoms with Crippen molar-refractivity contribution in [1.29, 1.82) is 10.7 Å². The smallest absolute Gasteiger partial charge is 0.0992 e. The van der Waals surface area contributed by atoms with Crippen LogP contribution in [0, 0.1) is 16.7 Å². The molecule has 1 N–H and O–H groups in total. The van der Waals surface area contributed by atoms with Gasteiger partial charge in [0, 0.05) is 22.0 Å². The molecule has 37 heavy (non-hydrogen) atoms. The summed E-state index contributed by atoms with van der Waals surface area (Å²) in [6, 6.07) is 39.9. The average Bonchev–Trinajstić information content (AvgIpc) is 3.30. The zero-order chi connectivity index (χ0) is 25.4. The molecule has 0 unspecified atom stereocenters. The first kappa shape index (κ1) is 22.3. The molecule has 0 fully saturated rings. The Labute approximate surface area is 215 Å². The van der Waals surface area contributed by atoms with E-state index in [-0.39, 0.29) is 5.71 Å². The summed E-state index contributed by atoms with van der Waals surface area (Å²) < 4.78 is 2.33. The molecule has 1 aromatic heterocycles. The maximum absolute atomic E-state index is 9.26. The van der Waals surface area contributed by atoms with E-state index in [1.165, 1.54) is 27.8 Å². The SMILES string of the molecule is C=C/C(C#N)=C\C(=N)c1cccc(-c2cc3c(c4ccccc24)c2ccccc2n3-c2ccccc2)c1. The maximum Gasteiger partial charge on any atom is 0.0992 e. The summed E-state index contributed by atoms with van der Waals surface area (Å²) >= 11 is 0. The molecule has 5 aromatic carbocycles. The Kier molecular flexibility index (Phi) is 5.48. The molecule has 0 aliphatic carbocycles. The van der Waals surface area contributed by atoms with Crippen LogP contribution < -0.4 is 0 Å². The van der Waals surface area contributed by atoms with Gasteiger partial charge in [0.05, 0.1) is 28.4 Å². The molecule has 6 aromatic rings. The molecule has 0 aliphatic rings. The molecule has 0 aliphatic heterocycles. The highest BCUT2D eigenvalue weighted by Gasteiger charge is 2.17. The van der Waals surface area contributed by atoms with Crippen molar-refractivity contribution in [1.82, 2.24) is 4.57 Å². The third-order valence-electron chi connectivity index (χ3n) is 6.83. The molecule has 0 bridgehead atoms. The topological polar surface area (TPSA) is 52.6 Å². The van der Waals surface area contributed by atoms with Gasteiger partial charge in [-0.3, -0.25) is 0 Å². The second-order valence-electron chi connectivity index (χ2n) is 8.96.